The van der Waals surface area contributed by atoms with Crippen LogP contribution < -0.4 is 0 Å². The van der Waals surface area contributed by atoms with Gasteiger partial charge in [-0.2, -0.15) is 0 Å². The van der Waals surface area contributed by atoms with Gasteiger partial charge in [0.15, 0.2) is 0 Å². The summed E-state index contributed by atoms with van der Waals surface area (Å²) in [5.74, 6) is 0. The minimum Gasteiger partial charge on any atom is -0.0876 e. The van der Waals surface area contributed by atoms with E-state index in [-0.39, 0.29) is 0 Å². The van der Waals surface area contributed by atoms with E-state index in [1.54, 1.807) is 0 Å². The number of benzene rings is 1. The molecule has 0 amide bonds. The lowest BCUT2D eigenvalue weighted by molar-refractivity contribution is 1.40. The fraction of sp³-hybridized carbons (Fsp3) is 0.143. The molecule has 0 saturated carbocycles. The normalized spacial score (nSPS) is 9.90. The zero-order chi connectivity index (χ0) is 7.56. The highest BCUT2D eigenvalue weighted by atomic mass is 127. The van der Waals surface area contributed by atoms with Crippen molar-refractivity contribution in [1.82, 2.24) is 0 Å². The highest BCUT2D eigenvalue weighted by Crippen LogP contribution is 2.15. The molecule has 0 aliphatic heterocycles. The third-order valence-corrected chi connectivity index (χ3v) is 2.97. The topological polar surface area (TPSA) is 0 Å². The van der Waals surface area contributed by atoms with Crippen molar-refractivity contribution >= 4 is 61.1 Å². The van der Waals surface area contributed by atoms with Gasteiger partial charge in [0.1, 0.15) is 0 Å². The van der Waals surface area contributed by atoms with E-state index >= 15 is 0 Å². The van der Waals surface area contributed by atoms with Crippen LogP contribution in [0.1, 0.15) is 5.56 Å². The molecule has 0 atom stereocenters. The van der Waals surface area contributed by atoms with Crippen LogP contribution in [0, 0.1) is 7.14 Å². The van der Waals surface area contributed by atoms with E-state index in [9.17, 15) is 0 Å². The average Bonchev–Trinajstić information content (AvgIpc) is 1.85. The highest BCUT2D eigenvalue weighted by Gasteiger charge is 1.94. The van der Waals surface area contributed by atoms with Gasteiger partial charge in [-0.1, -0.05) is 15.9 Å². The standard InChI is InChI=1S/C7H5BrI2/c8-4-5-1-6(9)3-7(10)2-5/h1-3H,4H2. The lowest BCUT2D eigenvalue weighted by atomic mass is 10.2. The predicted octanol–water partition coefficient (Wildman–Crippen LogP) is 3.79. The molecule has 0 nitrogen and oxygen atoms in total. The molecule has 0 heterocycles. The van der Waals surface area contributed by atoms with Crippen molar-refractivity contribution in [1.29, 1.82) is 0 Å². The summed E-state index contributed by atoms with van der Waals surface area (Å²) < 4.78 is 2.61. The summed E-state index contributed by atoms with van der Waals surface area (Å²) in [6.45, 7) is 0. The maximum Gasteiger partial charge on any atom is 0.0283 e. The monoisotopic (exact) mass is 422 g/mol. The first kappa shape index (κ1) is 9.25. The SMILES string of the molecule is BrCc1cc(I)cc(I)c1. The molecule has 10 heavy (non-hydrogen) atoms. The van der Waals surface area contributed by atoms with Gasteiger partial charge in [-0.3, -0.25) is 0 Å². The van der Waals surface area contributed by atoms with Crippen molar-refractivity contribution in [3.8, 4) is 0 Å². The molecule has 0 N–H and O–H groups in total. The Labute approximate surface area is 96.2 Å². The maximum atomic E-state index is 3.42. The van der Waals surface area contributed by atoms with Crippen molar-refractivity contribution in [2.45, 2.75) is 5.33 Å². The molecule has 0 aliphatic rings. The second kappa shape index (κ2) is 4.25. The molecule has 0 spiro atoms. The van der Waals surface area contributed by atoms with E-state index in [1.807, 2.05) is 0 Å². The largest absolute Gasteiger partial charge is 0.0876 e. The van der Waals surface area contributed by atoms with E-state index in [1.165, 1.54) is 12.7 Å². The van der Waals surface area contributed by atoms with Crippen molar-refractivity contribution in [3.63, 3.8) is 0 Å². The van der Waals surface area contributed by atoms with Gasteiger partial charge < -0.3 is 0 Å². The van der Waals surface area contributed by atoms with Crippen LogP contribution in [0.15, 0.2) is 18.2 Å². The first-order valence-corrected chi connectivity index (χ1v) is 6.01. The van der Waals surface area contributed by atoms with Crippen LogP contribution in [0.3, 0.4) is 0 Å². The Bertz CT molecular complexity index is 215. The zero-order valence-corrected chi connectivity index (χ0v) is 11.0. The van der Waals surface area contributed by atoms with Gasteiger partial charge in [0, 0.05) is 12.5 Å². The average molecular weight is 423 g/mol. The van der Waals surface area contributed by atoms with Crippen LogP contribution in [0.25, 0.3) is 0 Å². The highest BCUT2D eigenvalue weighted by molar-refractivity contribution is 14.1. The van der Waals surface area contributed by atoms with Gasteiger partial charge in [0.25, 0.3) is 0 Å². The molecule has 1 rings (SSSR count). The predicted molar refractivity (Wildman–Crippen MR) is 64.5 cm³/mol. The number of rotatable bonds is 1. The van der Waals surface area contributed by atoms with Gasteiger partial charge >= 0.3 is 0 Å². The lowest BCUT2D eigenvalue weighted by Gasteiger charge is -1.97. The molecule has 0 radical (unpaired) electrons. The summed E-state index contributed by atoms with van der Waals surface area (Å²) in [4.78, 5) is 0. The quantitative estimate of drug-likeness (QED) is 0.477. The van der Waals surface area contributed by atoms with Crippen LogP contribution in [0.4, 0.5) is 0 Å². The third-order valence-electron chi connectivity index (χ3n) is 1.08. The van der Waals surface area contributed by atoms with Crippen LogP contribution in [-0.4, -0.2) is 0 Å². The third kappa shape index (κ3) is 2.65. The molecule has 0 fully saturated rings. The fourth-order valence-corrected chi connectivity index (χ4v) is 3.08. The van der Waals surface area contributed by atoms with Crippen molar-refractivity contribution in [2.75, 3.05) is 0 Å². The summed E-state index contributed by atoms with van der Waals surface area (Å²) in [6, 6.07) is 6.52. The molecule has 0 aliphatic carbocycles. The van der Waals surface area contributed by atoms with Crippen molar-refractivity contribution in [2.24, 2.45) is 0 Å². The van der Waals surface area contributed by atoms with E-state index in [4.69, 9.17) is 0 Å². The molecule has 3 heteroatoms. The summed E-state index contributed by atoms with van der Waals surface area (Å²) in [7, 11) is 0. The number of alkyl halides is 1. The summed E-state index contributed by atoms with van der Waals surface area (Å²) >= 11 is 8.08. The van der Waals surface area contributed by atoms with E-state index in [0.29, 0.717) is 0 Å². The minimum absolute atomic E-state index is 0.944. The zero-order valence-electron chi connectivity index (χ0n) is 5.07. The molecule has 1 aromatic carbocycles. The molecule has 0 bridgehead atoms. The second-order valence-electron chi connectivity index (χ2n) is 1.91. The maximum absolute atomic E-state index is 3.42. The first-order chi connectivity index (χ1) is 4.72. The Kier molecular flexibility index (Phi) is 3.93. The van der Waals surface area contributed by atoms with Crippen molar-refractivity contribution in [3.05, 3.63) is 30.9 Å². The minimum atomic E-state index is 0.944. The second-order valence-corrected chi connectivity index (χ2v) is 4.96. The smallest absolute Gasteiger partial charge is 0.0283 e. The summed E-state index contributed by atoms with van der Waals surface area (Å²) in [5, 5.41) is 0.944. The molecule has 0 aromatic heterocycles. The van der Waals surface area contributed by atoms with Crippen LogP contribution in [0.5, 0.6) is 0 Å². The molecule has 54 valence electrons. The van der Waals surface area contributed by atoms with Crippen LogP contribution >= 0.6 is 61.1 Å². The molecule has 1 aromatic rings. The Hall–Kier alpha value is 1.16. The van der Waals surface area contributed by atoms with Crippen molar-refractivity contribution < 1.29 is 0 Å². The molecular weight excluding hydrogens is 418 g/mol. The van der Waals surface area contributed by atoms with E-state index < -0.39 is 0 Å². The number of halogens is 3. The van der Waals surface area contributed by atoms with E-state index in [2.05, 4.69) is 79.3 Å². The Morgan fingerprint density at radius 3 is 2.00 bits per heavy atom. The lowest BCUT2D eigenvalue weighted by Crippen LogP contribution is -1.81. The van der Waals surface area contributed by atoms with Gasteiger partial charge in [-0.05, 0) is 68.9 Å². The molecule has 0 unspecified atom stereocenters. The van der Waals surface area contributed by atoms with Gasteiger partial charge in [-0.15, -0.1) is 0 Å². The van der Waals surface area contributed by atoms with Gasteiger partial charge in [-0.25, -0.2) is 0 Å². The number of hydrogen-bond donors (Lipinski definition) is 0. The van der Waals surface area contributed by atoms with Gasteiger partial charge in [0.2, 0.25) is 0 Å². The van der Waals surface area contributed by atoms with Gasteiger partial charge in [0.05, 0.1) is 0 Å². The Morgan fingerprint density at radius 1 is 1.10 bits per heavy atom. The van der Waals surface area contributed by atoms with E-state index in [0.717, 1.165) is 5.33 Å². The van der Waals surface area contributed by atoms with Crippen LogP contribution in [-0.2, 0) is 5.33 Å². The van der Waals surface area contributed by atoms with Crippen LogP contribution in [0.2, 0.25) is 0 Å². The molecular formula is C7H5BrI2. The first-order valence-electron chi connectivity index (χ1n) is 2.73. The number of hydrogen-bond acceptors (Lipinski definition) is 0. The Balaban J connectivity index is 3.06. The summed E-state index contributed by atoms with van der Waals surface area (Å²) in [6.07, 6.45) is 0. The molecule has 0 saturated heterocycles. The summed E-state index contributed by atoms with van der Waals surface area (Å²) in [5.41, 5.74) is 1.34. The fourth-order valence-electron chi connectivity index (χ4n) is 0.688. The Morgan fingerprint density at radius 2 is 1.60 bits per heavy atom.